The van der Waals surface area contributed by atoms with E-state index in [-0.39, 0.29) is 0 Å². The zero-order chi connectivity index (χ0) is 10.9. The maximum atomic E-state index is 8.90. The van der Waals surface area contributed by atoms with Crippen molar-refractivity contribution in [2.45, 2.75) is 71.1 Å². The molecular formula is C14H28O. The molecular weight excluding hydrogens is 184 g/mol. The van der Waals surface area contributed by atoms with Gasteiger partial charge in [0.2, 0.25) is 0 Å². The smallest absolute Gasteiger partial charge is 0.0456 e. The number of rotatable bonds is 7. The van der Waals surface area contributed by atoms with Crippen LogP contribution in [-0.2, 0) is 0 Å². The van der Waals surface area contributed by atoms with Crippen LogP contribution in [-0.4, -0.2) is 11.7 Å². The maximum absolute atomic E-state index is 8.90. The van der Waals surface area contributed by atoms with Gasteiger partial charge in [-0.15, -0.1) is 0 Å². The molecule has 1 aliphatic rings. The van der Waals surface area contributed by atoms with Gasteiger partial charge in [-0.3, -0.25) is 0 Å². The van der Waals surface area contributed by atoms with Gasteiger partial charge >= 0.3 is 0 Å². The predicted octanol–water partition coefficient (Wildman–Crippen LogP) is 4.15. The summed E-state index contributed by atoms with van der Waals surface area (Å²) >= 11 is 0. The summed E-state index contributed by atoms with van der Waals surface area (Å²) in [5, 5.41) is 8.90. The summed E-state index contributed by atoms with van der Waals surface area (Å²) in [5.41, 5.74) is 0. The standard InChI is InChI=1S/C14H28O/c1-13(12-15)8-4-2-5-9-14-10-6-3-7-11-14/h13-15H,2-12H2,1H3. The monoisotopic (exact) mass is 212 g/mol. The molecule has 0 aromatic rings. The molecule has 0 aromatic carbocycles. The van der Waals surface area contributed by atoms with Crippen molar-refractivity contribution in [2.75, 3.05) is 6.61 Å². The first-order valence-electron chi connectivity index (χ1n) is 6.93. The van der Waals surface area contributed by atoms with Gasteiger partial charge in [0.15, 0.2) is 0 Å². The Morgan fingerprint density at radius 2 is 1.80 bits per heavy atom. The molecule has 0 spiro atoms. The van der Waals surface area contributed by atoms with Crippen molar-refractivity contribution in [3.8, 4) is 0 Å². The second-order valence-corrected chi connectivity index (χ2v) is 5.43. The number of hydrogen-bond acceptors (Lipinski definition) is 1. The molecule has 0 bridgehead atoms. The van der Waals surface area contributed by atoms with Gasteiger partial charge in [0.05, 0.1) is 0 Å². The summed E-state index contributed by atoms with van der Waals surface area (Å²) in [6.07, 6.45) is 14.2. The van der Waals surface area contributed by atoms with E-state index in [2.05, 4.69) is 6.92 Å². The van der Waals surface area contributed by atoms with E-state index in [4.69, 9.17) is 5.11 Å². The Labute approximate surface area is 95.3 Å². The summed E-state index contributed by atoms with van der Waals surface area (Å²) in [7, 11) is 0. The molecule has 0 aromatic heterocycles. The minimum atomic E-state index is 0.364. The highest BCUT2D eigenvalue weighted by Crippen LogP contribution is 2.28. The Balaban J connectivity index is 1.87. The van der Waals surface area contributed by atoms with Crippen molar-refractivity contribution in [1.82, 2.24) is 0 Å². The number of hydrogen-bond donors (Lipinski definition) is 1. The van der Waals surface area contributed by atoms with E-state index in [1.54, 1.807) is 0 Å². The molecule has 1 atom stereocenters. The summed E-state index contributed by atoms with van der Waals surface area (Å²) < 4.78 is 0. The average Bonchev–Trinajstić information content (AvgIpc) is 2.29. The molecule has 0 radical (unpaired) electrons. The lowest BCUT2D eigenvalue weighted by molar-refractivity contribution is 0.226. The van der Waals surface area contributed by atoms with Crippen LogP contribution in [0.1, 0.15) is 71.1 Å². The second-order valence-electron chi connectivity index (χ2n) is 5.43. The average molecular weight is 212 g/mol. The van der Waals surface area contributed by atoms with Crippen molar-refractivity contribution in [2.24, 2.45) is 11.8 Å². The molecule has 1 nitrogen and oxygen atoms in total. The molecule has 1 N–H and O–H groups in total. The van der Waals surface area contributed by atoms with Crippen LogP contribution in [0.15, 0.2) is 0 Å². The molecule has 1 saturated carbocycles. The van der Waals surface area contributed by atoms with E-state index in [9.17, 15) is 0 Å². The Morgan fingerprint density at radius 1 is 1.07 bits per heavy atom. The van der Waals surface area contributed by atoms with E-state index in [1.807, 2.05) is 0 Å². The zero-order valence-electron chi connectivity index (χ0n) is 10.4. The molecule has 0 amide bonds. The van der Waals surface area contributed by atoms with E-state index in [1.165, 1.54) is 64.2 Å². The molecule has 0 aliphatic heterocycles. The summed E-state index contributed by atoms with van der Waals surface area (Å²) in [6, 6.07) is 0. The van der Waals surface area contributed by atoms with Crippen molar-refractivity contribution in [3.05, 3.63) is 0 Å². The van der Waals surface area contributed by atoms with Gasteiger partial charge in [0, 0.05) is 6.61 Å². The highest BCUT2D eigenvalue weighted by atomic mass is 16.3. The minimum Gasteiger partial charge on any atom is -0.396 e. The van der Waals surface area contributed by atoms with Gasteiger partial charge in [-0.2, -0.15) is 0 Å². The van der Waals surface area contributed by atoms with Crippen LogP contribution in [0.3, 0.4) is 0 Å². The van der Waals surface area contributed by atoms with Crippen LogP contribution in [0.5, 0.6) is 0 Å². The summed E-state index contributed by atoms with van der Waals surface area (Å²) in [6.45, 7) is 2.50. The third-order valence-corrected chi connectivity index (χ3v) is 3.85. The van der Waals surface area contributed by atoms with Crippen molar-refractivity contribution in [3.63, 3.8) is 0 Å². The summed E-state index contributed by atoms with van der Waals surface area (Å²) in [5.74, 6) is 1.56. The number of unbranched alkanes of at least 4 members (excludes halogenated alkanes) is 2. The molecule has 1 heteroatoms. The van der Waals surface area contributed by atoms with E-state index in [0.717, 1.165) is 5.92 Å². The van der Waals surface area contributed by atoms with Gasteiger partial charge in [-0.05, 0) is 18.3 Å². The third kappa shape index (κ3) is 6.19. The van der Waals surface area contributed by atoms with Gasteiger partial charge in [0.1, 0.15) is 0 Å². The maximum Gasteiger partial charge on any atom is 0.0456 e. The topological polar surface area (TPSA) is 20.2 Å². The quantitative estimate of drug-likeness (QED) is 0.629. The Morgan fingerprint density at radius 3 is 2.47 bits per heavy atom. The first-order chi connectivity index (χ1) is 7.33. The lowest BCUT2D eigenvalue weighted by Crippen LogP contribution is -2.06. The molecule has 15 heavy (non-hydrogen) atoms. The zero-order valence-corrected chi connectivity index (χ0v) is 10.4. The van der Waals surface area contributed by atoms with Crippen molar-refractivity contribution >= 4 is 0 Å². The Bertz CT molecular complexity index is 138. The normalized spacial score (nSPS) is 20.4. The fraction of sp³-hybridized carbons (Fsp3) is 1.00. The van der Waals surface area contributed by atoms with Crippen molar-refractivity contribution < 1.29 is 5.11 Å². The lowest BCUT2D eigenvalue weighted by atomic mass is 9.85. The molecule has 0 saturated heterocycles. The van der Waals surface area contributed by atoms with Crippen molar-refractivity contribution in [1.29, 1.82) is 0 Å². The van der Waals surface area contributed by atoms with Gasteiger partial charge in [-0.25, -0.2) is 0 Å². The Kier molecular flexibility index (Phi) is 7.08. The SMILES string of the molecule is CC(CO)CCCCCC1CCCCC1. The first-order valence-corrected chi connectivity index (χ1v) is 6.93. The van der Waals surface area contributed by atoms with Gasteiger partial charge in [-0.1, -0.05) is 64.7 Å². The molecule has 0 heterocycles. The van der Waals surface area contributed by atoms with Crippen LogP contribution >= 0.6 is 0 Å². The predicted molar refractivity (Wildman–Crippen MR) is 65.9 cm³/mol. The highest BCUT2D eigenvalue weighted by molar-refractivity contribution is 4.65. The van der Waals surface area contributed by atoms with Crippen LogP contribution in [0, 0.1) is 11.8 Å². The number of aliphatic hydroxyl groups is 1. The van der Waals surface area contributed by atoms with Crippen LogP contribution < -0.4 is 0 Å². The Hall–Kier alpha value is -0.0400. The summed E-state index contributed by atoms with van der Waals surface area (Å²) in [4.78, 5) is 0. The fourth-order valence-electron chi connectivity index (χ4n) is 2.67. The molecule has 1 fully saturated rings. The largest absolute Gasteiger partial charge is 0.396 e. The third-order valence-electron chi connectivity index (χ3n) is 3.85. The fourth-order valence-corrected chi connectivity index (χ4v) is 2.67. The van der Waals surface area contributed by atoms with E-state index < -0.39 is 0 Å². The minimum absolute atomic E-state index is 0.364. The lowest BCUT2D eigenvalue weighted by Gasteiger charge is -2.21. The van der Waals surface area contributed by atoms with Gasteiger partial charge in [0.25, 0.3) is 0 Å². The first kappa shape index (κ1) is 13.0. The molecule has 1 unspecified atom stereocenters. The van der Waals surface area contributed by atoms with Gasteiger partial charge < -0.3 is 5.11 Å². The van der Waals surface area contributed by atoms with Crippen LogP contribution in [0.25, 0.3) is 0 Å². The molecule has 1 aliphatic carbocycles. The molecule has 90 valence electrons. The molecule has 1 rings (SSSR count). The highest BCUT2D eigenvalue weighted by Gasteiger charge is 2.12. The van der Waals surface area contributed by atoms with E-state index in [0.29, 0.717) is 12.5 Å². The number of aliphatic hydroxyl groups excluding tert-OH is 1. The second kappa shape index (κ2) is 8.15. The van der Waals surface area contributed by atoms with E-state index >= 15 is 0 Å². The van der Waals surface area contributed by atoms with Crippen LogP contribution in [0.4, 0.5) is 0 Å². The van der Waals surface area contributed by atoms with Crippen LogP contribution in [0.2, 0.25) is 0 Å².